The van der Waals surface area contributed by atoms with Gasteiger partial charge in [-0.15, -0.1) is 12.4 Å². The summed E-state index contributed by atoms with van der Waals surface area (Å²) in [5.74, 6) is 1.03. The highest BCUT2D eigenvalue weighted by Crippen LogP contribution is 2.25. The Balaban J connectivity index is 0.00000225. The summed E-state index contributed by atoms with van der Waals surface area (Å²) in [6, 6.07) is 14.8. The summed E-state index contributed by atoms with van der Waals surface area (Å²) in [6.45, 7) is 4.81. The molecule has 0 aromatic heterocycles. The Hall–Kier alpha value is -1.25. The van der Waals surface area contributed by atoms with Crippen LogP contribution in [-0.4, -0.2) is 31.1 Å². The minimum absolute atomic E-state index is 0. The zero-order valence-electron chi connectivity index (χ0n) is 15.3. The van der Waals surface area contributed by atoms with Gasteiger partial charge in [0.1, 0.15) is 5.75 Å². The summed E-state index contributed by atoms with van der Waals surface area (Å²) in [6.07, 6.45) is 10.8. The Morgan fingerprint density at radius 2 is 1.48 bits per heavy atom. The van der Waals surface area contributed by atoms with E-state index in [1.807, 2.05) is 0 Å². The van der Waals surface area contributed by atoms with Crippen molar-refractivity contribution in [2.24, 2.45) is 0 Å². The fourth-order valence-corrected chi connectivity index (χ4v) is 3.65. The van der Waals surface area contributed by atoms with Gasteiger partial charge in [0.15, 0.2) is 0 Å². The highest BCUT2D eigenvalue weighted by Gasteiger charge is 2.08. The van der Waals surface area contributed by atoms with E-state index >= 15 is 0 Å². The molecule has 1 heterocycles. The molecule has 0 unspecified atom stereocenters. The number of rotatable bonds is 9. The first-order valence-corrected chi connectivity index (χ1v) is 9.76. The Labute approximate surface area is 159 Å². The molecule has 0 atom stereocenters. The summed E-state index contributed by atoms with van der Waals surface area (Å²) >= 11 is 0. The van der Waals surface area contributed by atoms with Gasteiger partial charge in [0, 0.05) is 5.39 Å². The molecular weight excluding hydrogens is 330 g/mol. The average Bonchev–Trinajstić information content (AvgIpc) is 2.65. The number of hydrogen-bond acceptors (Lipinski definition) is 2. The van der Waals surface area contributed by atoms with Gasteiger partial charge < -0.3 is 9.64 Å². The van der Waals surface area contributed by atoms with E-state index in [2.05, 4.69) is 47.4 Å². The molecule has 0 spiro atoms. The predicted octanol–water partition coefficient (Wildman–Crippen LogP) is 6.08. The molecule has 1 aliphatic heterocycles. The third kappa shape index (κ3) is 6.52. The van der Waals surface area contributed by atoms with Crippen molar-refractivity contribution in [1.82, 2.24) is 4.90 Å². The second-order valence-electron chi connectivity index (χ2n) is 7.00. The van der Waals surface area contributed by atoms with E-state index in [1.54, 1.807) is 0 Å². The Morgan fingerprint density at radius 1 is 0.760 bits per heavy atom. The molecule has 1 aliphatic rings. The number of halogens is 1. The van der Waals surface area contributed by atoms with Gasteiger partial charge >= 0.3 is 0 Å². The van der Waals surface area contributed by atoms with Crippen LogP contribution >= 0.6 is 12.4 Å². The van der Waals surface area contributed by atoms with E-state index in [1.165, 1.54) is 75.4 Å². The summed E-state index contributed by atoms with van der Waals surface area (Å²) in [5, 5.41) is 2.48. The number of piperidine rings is 1. The largest absolute Gasteiger partial charge is 0.493 e. The number of fused-ring (bicyclic) bond motifs is 1. The molecule has 2 aromatic carbocycles. The fraction of sp³-hybridized carbons (Fsp3) is 0.545. The lowest BCUT2D eigenvalue weighted by Gasteiger charge is -2.26. The monoisotopic (exact) mass is 361 g/mol. The lowest BCUT2D eigenvalue weighted by atomic mass is 10.1. The summed E-state index contributed by atoms with van der Waals surface area (Å²) in [5.41, 5.74) is 0. The van der Waals surface area contributed by atoms with Gasteiger partial charge in [0.25, 0.3) is 0 Å². The number of hydrogen-bond donors (Lipinski definition) is 0. The highest BCUT2D eigenvalue weighted by molar-refractivity contribution is 5.88. The van der Waals surface area contributed by atoms with Crippen LogP contribution in [0.3, 0.4) is 0 Å². The third-order valence-corrected chi connectivity index (χ3v) is 5.07. The normalized spacial score (nSPS) is 15.0. The molecule has 2 aromatic rings. The molecule has 3 rings (SSSR count). The molecule has 1 saturated heterocycles. The van der Waals surface area contributed by atoms with Crippen molar-refractivity contribution in [3.05, 3.63) is 42.5 Å². The van der Waals surface area contributed by atoms with Crippen LogP contribution in [0.25, 0.3) is 10.8 Å². The van der Waals surface area contributed by atoms with E-state index in [9.17, 15) is 0 Å². The molecule has 0 amide bonds. The smallest absolute Gasteiger partial charge is 0.127 e. The van der Waals surface area contributed by atoms with Crippen molar-refractivity contribution in [2.75, 3.05) is 26.2 Å². The number of nitrogens with zero attached hydrogens (tertiary/aromatic N) is 1. The van der Waals surface area contributed by atoms with E-state index in [0.29, 0.717) is 0 Å². The summed E-state index contributed by atoms with van der Waals surface area (Å²) < 4.78 is 6.01. The Bertz CT molecular complexity index is 605. The maximum Gasteiger partial charge on any atom is 0.127 e. The Morgan fingerprint density at radius 3 is 2.36 bits per heavy atom. The lowest BCUT2D eigenvalue weighted by Crippen LogP contribution is -2.30. The van der Waals surface area contributed by atoms with Gasteiger partial charge in [-0.25, -0.2) is 0 Å². The molecule has 2 nitrogen and oxygen atoms in total. The second-order valence-corrected chi connectivity index (χ2v) is 7.00. The molecule has 138 valence electrons. The molecule has 0 saturated carbocycles. The van der Waals surface area contributed by atoms with Crippen LogP contribution in [0.5, 0.6) is 5.75 Å². The van der Waals surface area contributed by atoms with Crippen LogP contribution in [0.1, 0.15) is 51.4 Å². The molecule has 0 bridgehead atoms. The van der Waals surface area contributed by atoms with Crippen LogP contribution in [0, 0.1) is 0 Å². The van der Waals surface area contributed by atoms with Crippen LogP contribution < -0.4 is 4.74 Å². The summed E-state index contributed by atoms with van der Waals surface area (Å²) in [4.78, 5) is 2.65. The SMILES string of the molecule is Cl.c1ccc2c(OCCCCCCCN3CCCCC3)cccc2c1. The number of benzene rings is 2. The standard InChI is InChI=1S/C22H31NO.ClH/c1(2-7-16-23-17-8-4-9-18-23)3-10-19-24-22-15-11-13-20-12-5-6-14-21(20)22;/h5-6,11-15H,1-4,7-10,16-19H2;1H. The molecule has 25 heavy (non-hydrogen) atoms. The van der Waals surface area contributed by atoms with Gasteiger partial charge in [-0.3, -0.25) is 0 Å². The van der Waals surface area contributed by atoms with Gasteiger partial charge in [-0.2, -0.15) is 0 Å². The van der Waals surface area contributed by atoms with Crippen LogP contribution in [0.15, 0.2) is 42.5 Å². The molecule has 0 N–H and O–H groups in total. The molecule has 0 radical (unpaired) electrons. The van der Waals surface area contributed by atoms with Crippen LogP contribution in [-0.2, 0) is 0 Å². The van der Waals surface area contributed by atoms with Crippen molar-refractivity contribution in [3.63, 3.8) is 0 Å². The minimum Gasteiger partial charge on any atom is -0.493 e. The van der Waals surface area contributed by atoms with Crippen LogP contribution in [0.2, 0.25) is 0 Å². The van der Waals surface area contributed by atoms with Crippen LogP contribution in [0.4, 0.5) is 0 Å². The summed E-state index contributed by atoms with van der Waals surface area (Å²) in [7, 11) is 0. The van der Waals surface area contributed by atoms with Crippen molar-refractivity contribution in [3.8, 4) is 5.75 Å². The lowest BCUT2D eigenvalue weighted by molar-refractivity contribution is 0.223. The molecule has 0 aliphatic carbocycles. The fourth-order valence-electron chi connectivity index (χ4n) is 3.65. The predicted molar refractivity (Wildman–Crippen MR) is 110 cm³/mol. The molecule has 1 fully saturated rings. The van der Waals surface area contributed by atoms with Crippen molar-refractivity contribution >= 4 is 23.2 Å². The third-order valence-electron chi connectivity index (χ3n) is 5.07. The maximum absolute atomic E-state index is 6.01. The van der Waals surface area contributed by atoms with Gasteiger partial charge in [0.05, 0.1) is 6.61 Å². The first-order valence-electron chi connectivity index (χ1n) is 9.76. The van der Waals surface area contributed by atoms with E-state index in [0.717, 1.165) is 18.8 Å². The van der Waals surface area contributed by atoms with Gasteiger partial charge in [0.2, 0.25) is 0 Å². The molecule has 3 heteroatoms. The van der Waals surface area contributed by atoms with E-state index < -0.39 is 0 Å². The Kier molecular flexibility index (Phi) is 9.14. The minimum atomic E-state index is 0. The van der Waals surface area contributed by atoms with Crippen molar-refractivity contribution < 1.29 is 4.74 Å². The maximum atomic E-state index is 6.01. The zero-order chi connectivity index (χ0) is 16.5. The zero-order valence-corrected chi connectivity index (χ0v) is 16.1. The first-order chi connectivity index (χ1) is 11.9. The van der Waals surface area contributed by atoms with Crippen molar-refractivity contribution in [2.45, 2.75) is 51.4 Å². The number of ether oxygens (including phenoxy) is 1. The quantitative estimate of drug-likeness (QED) is 0.502. The molecular formula is C22H32ClNO. The van der Waals surface area contributed by atoms with Gasteiger partial charge in [-0.05, 0) is 56.8 Å². The average molecular weight is 362 g/mol. The highest BCUT2D eigenvalue weighted by atomic mass is 35.5. The first kappa shape index (κ1) is 20.1. The number of unbranched alkanes of at least 4 members (excludes halogenated alkanes) is 4. The van der Waals surface area contributed by atoms with Crippen molar-refractivity contribution in [1.29, 1.82) is 0 Å². The topological polar surface area (TPSA) is 12.5 Å². The van der Waals surface area contributed by atoms with E-state index in [4.69, 9.17) is 4.74 Å². The number of likely N-dealkylation sites (tertiary alicyclic amines) is 1. The van der Waals surface area contributed by atoms with E-state index in [-0.39, 0.29) is 12.4 Å². The second kappa shape index (κ2) is 11.4. The van der Waals surface area contributed by atoms with Gasteiger partial charge in [-0.1, -0.05) is 62.1 Å².